The van der Waals surface area contributed by atoms with Gasteiger partial charge in [0.2, 0.25) is 0 Å². The summed E-state index contributed by atoms with van der Waals surface area (Å²) < 4.78 is 5.54. The third-order valence-electron chi connectivity index (χ3n) is 6.55. The van der Waals surface area contributed by atoms with Crippen LogP contribution in [-0.2, 0) is 9.53 Å². The summed E-state index contributed by atoms with van der Waals surface area (Å²) in [4.78, 5) is 24.4. The molecule has 0 unspecified atom stereocenters. The molecule has 5 heteroatoms. The van der Waals surface area contributed by atoms with Gasteiger partial charge in [-0.25, -0.2) is 9.59 Å². The Kier molecular flexibility index (Phi) is 5.31. The van der Waals surface area contributed by atoms with Gasteiger partial charge < -0.3 is 15.2 Å². The van der Waals surface area contributed by atoms with Crippen molar-refractivity contribution in [1.29, 1.82) is 0 Å². The highest BCUT2D eigenvalue weighted by Gasteiger charge is 2.41. The van der Waals surface area contributed by atoms with Crippen LogP contribution in [0.4, 0.5) is 4.79 Å². The SMILES string of the molecule is CC1([C@@H](NC(=O)OCC2c3ccccc3-c3ccccc32)C(=O)O)CCCCC1. The van der Waals surface area contributed by atoms with E-state index in [-0.39, 0.29) is 12.5 Å². The summed E-state index contributed by atoms with van der Waals surface area (Å²) in [6.45, 7) is 2.14. The number of carbonyl (C=O) groups excluding carboxylic acids is 1. The number of aliphatic carboxylic acids is 1. The highest BCUT2D eigenvalue weighted by Crippen LogP contribution is 2.44. The van der Waals surface area contributed by atoms with Crippen LogP contribution < -0.4 is 5.32 Å². The van der Waals surface area contributed by atoms with Gasteiger partial charge in [0.25, 0.3) is 0 Å². The van der Waals surface area contributed by atoms with Gasteiger partial charge in [0.15, 0.2) is 0 Å². The third kappa shape index (κ3) is 3.74. The summed E-state index contributed by atoms with van der Waals surface area (Å²) in [6, 6.07) is 15.3. The zero-order valence-electron chi connectivity index (χ0n) is 16.7. The topological polar surface area (TPSA) is 75.6 Å². The summed E-state index contributed by atoms with van der Waals surface area (Å²) in [5.41, 5.74) is 4.16. The van der Waals surface area contributed by atoms with Crippen LogP contribution >= 0.6 is 0 Å². The molecule has 4 rings (SSSR count). The van der Waals surface area contributed by atoms with Crippen LogP contribution in [0.5, 0.6) is 0 Å². The van der Waals surface area contributed by atoms with Crippen molar-refractivity contribution in [2.75, 3.05) is 6.61 Å². The van der Waals surface area contributed by atoms with Gasteiger partial charge in [-0.1, -0.05) is 74.7 Å². The lowest BCUT2D eigenvalue weighted by Crippen LogP contribution is -2.52. The lowest BCUT2D eigenvalue weighted by Gasteiger charge is -2.38. The Hall–Kier alpha value is -2.82. The van der Waals surface area contributed by atoms with Crippen molar-refractivity contribution < 1.29 is 19.4 Å². The lowest BCUT2D eigenvalue weighted by atomic mass is 9.70. The Morgan fingerprint density at radius 1 is 1.03 bits per heavy atom. The normalized spacial score (nSPS) is 18.4. The first-order valence-electron chi connectivity index (χ1n) is 10.3. The number of rotatable bonds is 5. The number of alkyl carbamates (subject to hydrolysis) is 1. The smallest absolute Gasteiger partial charge is 0.407 e. The number of nitrogens with one attached hydrogen (secondary N) is 1. The summed E-state index contributed by atoms with van der Waals surface area (Å²) >= 11 is 0. The Morgan fingerprint density at radius 3 is 2.14 bits per heavy atom. The predicted molar refractivity (Wildman–Crippen MR) is 111 cm³/mol. The predicted octanol–water partition coefficient (Wildman–Crippen LogP) is 4.95. The lowest BCUT2D eigenvalue weighted by molar-refractivity contribution is -0.143. The Morgan fingerprint density at radius 2 is 1.59 bits per heavy atom. The molecule has 2 N–H and O–H groups in total. The van der Waals surface area contributed by atoms with E-state index in [1.54, 1.807) is 0 Å². The van der Waals surface area contributed by atoms with Gasteiger partial charge in [0, 0.05) is 5.92 Å². The van der Waals surface area contributed by atoms with Crippen LogP contribution in [-0.4, -0.2) is 29.8 Å². The number of ether oxygens (including phenoxy) is 1. The summed E-state index contributed by atoms with van der Waals surface area (Å²) in [5.74, 6) is -1.04. The van der Waals surface area contributed by atoms with Crippen molar-refractivity contribution in [3.8, 4) is 11.1 Å². The van der Waals surface area contributed by atoms with Gasteiger partial charge >= 0.3 is 12.1 Å². The first kappa shape index (κ1) is 19.5. The second kappa shape index (κ2) is 7.90. The number of hydrogen-bond donors (Lipinski definition) is 2. The standard InChI is InChI=1S/C24H27NO4/c1-24(13-7-2-8-14-24)21(22(26)27)25-23(28)29-15-20-18-11-5-3-9-16(18)17-10-4-6-12-19(17)20/h3-6,9-12,20-21H,2,7-8,13-15H2,1H3,(H,25,28)(H,26,27)/t21-/m0/s1. The molecule has 0 aliphatic heterocycles. The maximum Gasteiger partial charge on any atom is 0.407 e. The average molecular weight is 393 g/mol. The molecular formula is C24H27NO4. The number of amides is 1. The van der Waals surface area contributed by atoms with Crippen LogP contribution in [0, 0.1) is 5.41 Å². The fraction of sp³-hybridized carbons (Fsp3) is 0.417. The second-order valence-corrected chi connectivity index (χ2v) is 8.46. The van der Waals surface area contributed by atoms with E-state index in [0.29, 0.717) is 0 Å². The molecule has 1 saturated carbocycles. The quantitative estimate of drug-likeness (QED) is 0.754. The van der Waals surface area contributed by atoms with Crippen LogP contribution in [0.2, 0.25) is 0 Å². The Bertz CT molecular complexity index is 871. The molecule has 1 fully saturated rings. The van der Waals surface area contributed by atoms with E-state index >= 15 is 0 Å². The van der Waals surface area contributed by atoms with Crippen molar-refractivity contribution in [3.63, 3.8) is 0 Å². The largest absolute Gasteiger partial charge is 0.480 e. The zero-order valence-corrected chi connectivity index (χ0v) is 16.7. The van der Waals surface area contributed by atoms with Gasteiger partial charge in [0.05, 0.1) is 0 Å². The van der Waals surface area contributed by atoms with Gasteiger partial charge in [-0.3, -0.25) is 0 Å². The minimum absolute atomic E-state index is 0.0401. The van der Waals surface area contributed by atoms with Crippen molar-refractivity contribution in [2.45, 2.75) is 51.0 Å². The van der Waals surface area contributed by atoms with E-state index in [1.165, 1.54) is 0 Å². The molecule has 0 radical (unpaired) electrons. The minimum Gasteiger partial charge on any atom is -0.480 e. The third-order valence-corrected chi connectivity index (χ3v) is 6.55. The summed E-state index contributed by atoms with van der Waals surface area (Å²) in [7, 11) is 0. The van der Waals surface area contributed by atoms with Gasteiger partial charge in [-0.05, 0) is 40.5 Å². The molecule has 1 amide bonds. The van der Waals surface area contributed by atoms with E-state index in [0.717, 1.165) is 54.4 Å². The number of carboxylic acids is 1. The highest BCUT2D eigenvalue weighted by atomic mass is 16.5. The van der Waals surface area contributed by atoms with E-state index in [9.17, 15) is 14.7 Å². The van der Waals surface area contributed by atoms with Crippen molar-refractivity contribution in [2.24, 2.45) is 5.41 Å². The fourth-order valence-corrected chi connectivity index (χ4v) is 4.94. The van der Waals surface area contributed by atoms with E-state index in [1.807, 2.05) is 31.2 Å². The molecule has 0 bridgehead atoms. The van der Waals surface area contributed by atoms with Crippen molar-refractivity contribution >= 4 is 12.1 Å². The Labute approximate surface area is 171 Å². The molecule has 0 spiro atoms. The van der Waals surface area contributed by atoms with Gasteiger partial charge in [0.1, 0.15) is 12.6 Å². The van der Waals surface area contributed by atoms with Crippen LogP contribution in [0.15, 0.2) is 48.5 Å². The van der Waals surface area contributed by atoms with Crippen LogP contribution in [0.3, 0.4) is 0 Å². The van der Waals surface area contributed by atoms with E-state index < -0.39 is 23.5 Å². The first-order valence-corrected chi connectivity index (χ1v) is 10.3. The highest BCUT2D eigenvalue weighted by molar-refractivity contribution is 5.81. The van der Waals surface area contributed by atoms with Crippen LogP contribution in [0.1, 0.15) is 56.1 Å². The molecule has 2 aromatic rings. The fourth-order valence-electron chi connectivity index (χ4n) is 4.94. The zero-order chi connectivity index (χ0) is 20.4. The number of carboxylic acid groups (broad SMARTS) is 1. The molecular weight excluding hydrogens is 366 g/mol. The Balaban J connectivity index is 1.46. The van der Waals surface area contributed by atoms with Crippen molar-refractivity contribution in [1.82, 2.24) is 5.32 Å². The van der Waals surface area contributed by atoms with E-state index in [4.69, 9.17) is 4.74 Å². The molecule has 2 aliphatic rings. The maximum atomic E-state index is 12.5. The molecule has 2 aliphatic carbocycles. The molecule has 29 heavy (non-hydrogen) atoms. The second-order valence-electron chi connectivity index (χ2n) is 8.46. The van der Waals surface area contributed by atoms with Gasteiger partial charge in [-0.15, -0.1) is 0 Å². The molecule has 0 aromatic heterocycles. The molecule has 0 heterocycles. The molecule has 0 saturated heterocycles. The average Bonchev–Trinajstić information content (AvgIpc) is 3.04. The number of carbonyl (C=O) groups is 2. The van der Waals surface area contributed by atoms with Crippen molar-refractivity contribution in [3.05, 3.63) is 59.7 Å². The molecule has 2 aromatic carbocycles. The monoisotopic (exact) mass is 393 g/mol. The number of hydrogen-bond acceptors (Lipinski definition) is 3. The molecule has 1 atom stereocenters. The molecule has 152 valence electrons. The van der Waals surface area contributed by atoms with Crippen LogP contribution in [0.25, 0.3) is 11.1 Å². The minimum atomic E-state index is -0.997. The maximum absolute atomic E-state index is 12.5. The summed E-state index contributed by atoms with van der Waals surface area (Å²) in [6.07, 6.45) is 4.04. The molecule has 5 nitrogen and oxygen atoms in total. The summed E-state index contributed by atoms with van der Waals surface area (Å²) in [5, 5.41) is 12.3. The van der Waals surface area contributed by atoms with Gasteiger partial charge in [-0.2, -0.15) is 0 Å². The number of fused-ring (bicyclic) bond motifs is 3. The number of benzene rings is 2. The first-order chi connectivity index (χ1) is 14.0. The van der Waals surface area contributed by atoms with E-state index in [2.05, 4.69) is 29.6 Å².